The van der Waals surface area contributed by atoms with E-state index in [2.05, 4.69) is 24.3 Å². The van der Waals surface area contributed by atoms with Gasteiger partial charge < -0.3 is 14.9 Å². The van der Waals surface area contributed by atoms with E-state index in [0.717, 1.165) is 12.0 Å². The molecule has 0 amide bonds. The number of ketones is 1. The molecule has 3 aromatic carbocycles. The summed E-state index contributed by atoms with van der Waals surface area (Å²) in [6, 6.07) is 17.1. The van der Waals surface area contributed by atoms with Crippen LogP contribution in [-0.4, -0.2) is 16.0 Å². The molecule has 4 heteroatoms. The maximum Gasteiger partial charge on any atom is 0.232 e. The lowest BCUT2D eigenvalue weighted by atomic mass is 10.0. The summed E-state index contributed by atoms with van der Waals surface area (Å²) >= 11 is 0. The molecule has 0 unspecified atom stereocenters. The van der Waals surface area contributed by atoms with Gasteiger partial charge in [-0.05, 0) is 52.4 Å². The molecule has 5 rings (SSSR count). The summed E-state index contributed by atoms with van der Waals surface area (Å²) in [7, 11) is 0. The van der Waals surface area contributed by atoms with Crippen LogP contribution in [0.3, 0.4) is 0 Å². The lowest BCUT2D eigenvalue weighted by molar-refractivity contribution is 0.101. The molecule has 4 nitrogen and oxygen atoms in total. The number of phenolic OH excluding ortho intramolecular Hbond substituents is 2. The van der Waals surface area contributed by atoms with Gasteiger partial charge in [-0.2, -0.15) is 0 Å². The van der Waals surface area contributed by atoms with Crippen molar-refractivity contribution in [2.75, 3.05) is 0 Å². The molecule has 126 valence electrons. The van der Waals surface area contributed by atoms with Crippen molar-refractivity contribution in [2.24, 2.45) is 0 Å². The Morgan fingerprint density at radius 2 is 1.65 bits per heavy atom. The van der Waals surface area contributed by atoms with Crippen LogP contribution in [-0.2, 0) is 6.42 Å². The van der Waals surface area contributed by atoms with Crippen LogP contribution in [0.4, 0.5) is 0 Å². The number of Topliss-reactive ketones (excluding diaryl/α,β-unsaturated/α-hetero) is 1. The van der Waals surface area contributed by atoms with Gasteiger partial charge in [-0.15, -0.1) is 0 Å². The fourth-order valence-electron chi connectivity index (χ4n) is 3.63. The maximum absolute atomic E-state index is 12.5. The van der Waals surface area contributed by atoms with Crippen molar-refractivity contribution in [3.8, 4) is 28.4 Å². The number of allylic oxidation sites excluding steroid dienone is 1. The third-order valence-corrected chi connectivity index (χ3v) is 4.91. The Hall–Kier alpha value is -3.53. The molecule has 1 aliphatic heterocycles. The van der Waals surface area contributed by atoms with Gasteiger partial charge in [0.2, 0.25) is 11.5 Å². The second-order valence-corrected chi connectivity index (χ2v) is 6.50. The summed E-state index contributed by atoms with van der Waals surface area (Å²) in [4.78, 5) is 12.5. The van der Waals surface area contributed by atoms with Crippen LogP contribution in [0.2, 0.25) is 0 Å². The predicted octanol–water partition coefficient (Wildman–Crippen LogP) is 4.29. The van der Waals surface area contributed by atoms with Crippen LogP contribution in [0.1, 0.15) is 27.0 Å². The summed E-state index contributed by atoms with van der Waals surface area (Å²) < 4.78 is 5.52. The quantitative estimate of drug-likeness (QED) is 0.400. The Kier molecular flexibility index (Phi) is 2.97. The number of aromatic hydroxyl groups is 2. The molecule has 2 N–H and O–H groups in total. The lowest BCUT2D eigenvalue weighted by Gasteiger charge is -2.04. The van der Waals surface area contributed by atoms with E-state index in [1.165, 1.54) is 34.4 Å². The highest BCUT2D eigenvalue weighted by molar-refractivity contribution is 6.15. The van der Waals surface area contributed by atoms with Crippen LogP contribution in [0, 0.1) is 0 Å². The molecule has 0 saturated carbocycles. The number of hydrogen-bond acceptors (Lipinski definition) is 4. The van der Waals surface area contributed by atoms with E-state index in [1.54, 1.807) is 6.08 Å². The molecule has 2 aliphatic rings. The summed E-state index contributed by atoms with van der Waals surface area (Å²) in [6.07, 6.45) is 2.54. The predicted molar refractivity (Wildman–Crippen MR) is 97.4 cm³/mol. The van der Waals surface area contributed by atoms with Crippen molar-refractivity contribution in [1.29, 1.82) is 0 Å². The van der Waals surface area contributed by atoms with Gasteiger partial charge in [-0.1, -0.05) is 42.5 Å². The molecule has 26 heavy (non-hydrogen) atoms. The number of fused-ring (bicyclic) bond motifs is 4. The molecule has 0 atom stereocenters. The van der Waals surface area contributed by atoms with Gasteiger partial charge in [0.1, 0.15) is 0 Å². The number of ether oxygens (including phenoxy) is 1. The number of hydrogen-bond donors (Lipinski definition) is 2. The van der Waals surface area contributed by atoms with Gasteiger partial charge >= 0.3 is 0 Å². The summed E-state index contributed by atoms with van der Waals surface area (Å²) in [5.41, 5.74) is 6.09. The minimum Gasteiger partial charge on any atom is -0.504 e. The first kappa shape index (κ1) is 14.8. The van der Waals surface area contributed by atoms with Crippen molar-refractivity contribution in [3.63, 3.8) is 0 Å². The molecule has 1 heterocycles. The zero-order chi connectivity index (χ0) is 17.8. The van der Waals surface area contributed by atoms with Gasteiger partial charge in [0.15, 0.2) is 17.3 Å². The third kappa shape index (κ3) is 2.05. The largest absolute Gasteiger partial charge is 0.504 e. The number of rotatable bonds is 1. The average Bonchev–Trinajstić information content (AvgIpc) is 3.16. The first-order valence-electron chi connectivity index (χ1n) is 8.32. The van der Waals surface area contributed by atoms with Crippen molar-refractivity contribution < 1.29 is 19.7 Å². The van der Waals surface area contributed by atoms with Crippen molar-refractivity contribution >= 4 is 11.9 Å². The molecule has 0 aromatic heterocycles. The zero-order valence-electron chi connectivity index (χ0n) is 13.7. The van der Waals surface area contributed by atoms with Crippen molar-refractivity contribution in [3.05, 3.63) is 82.6 Å². The molecule has 3 aromatic rings. The van der Waals surface area contributed by atoms with E-state index in [4.69, 9.17) is 4.74 Å². The highest BCUT2D eigenvalue weighted by Gasteiger charge is 2.31. The second-order valence-electron chi connectivity index (χ2n) is 6.50. The van der Waals surface area contributed by atoms with Crippen LogP contribution < -0.4 is 4.74 Å². The van der Waals surface area contributed by atoms with Crippen LogP contribution in [0.5, 0.6) is 17.2 Å². The smallest absolute Gasteiger partial charge is 0.232 e. The second kappa shape index (κ2) is 5.23. The summed E-state index contributed by atoms with van der Waals surface area (Å²) in [5.74, 6) is -0.887. The van der Waals surface area contributed by atoms with Gasteiger partial charge in [-0.3, -0.25) is 4.79 Å². The van der Waals surface area contributed by atoms with E-state index in [-0.39, 0.29) is 28.6 Å². The molecule has 0 bridgehead atoms. The average molecular weight is 342 g/mol. The minimum absolute atomic E-state index is 0.00909. The van der Waals surface area contributed by atoms with E-state index < -0.39 is 5.75 Å². The Bertz CT molecular complexity index is 1120. The Balaban J connectivity index is 1.52. The van der Waals surface area contributed by atoms with Crippen LogP contribution in [0.15, 0.2) is 60.4 Å². The molecule has 0 radical (unpaired) electrons. The Morgan fingerprint density at radius 1 is 0.885 bits per heavy atom. The fraction of sp³-hybridized carbons (Fsp3) is 0.0455. The first-order valence-corrected chi connectivity index (χ1v) is 8.32. The van der Waals surface area contributed by atoms with Crippen molar-refractivity contribution in [2.45, 2.75) is 6.42 Å². The van der Waals surface area contributed by atoms with Gasteiger partial charge in [0, 0.05) is 0 Å². The standard InChI is InChI=1S/C22H14O4/c23-18-8-7-17-20(24)19(26-22(17)21(18)25)10-12-5-6-16-14(9-12)11-13-3-1-2-4-15(13)16/h1-10,23,25H,11H2. The van der Waals surface area contributed by atoms with E-state index in [1.807, 2.05) is 18.2 Å². The van der Waals surface area contributed by atoms with E-state index in [9.17, 15) is 15.0 Å². The molecule has 0 saturated heterocycles. The van der Waals surface area contributed by atoms with Crippen LogP contribution in [0.25, 0.3) is 17.2 Å². The molecule has 0 spiro atoms. The number of phenols is 2. The number of carbonyl (C=O) groups excluding carboxylic acids is 1. The highest BCUT2D eigenvalue weighted by Crippen LogP contribution is 2.44. The number of benzene rings is 3. The Labute approximate surface area is 149 Å². The maximum atomic E-state index is 12.5. The SMILES string of the molecule is O=C1C(=Cc2ccc3c(c2)Cc2ccccc2-3)Oc2c1ccc(O)c2O. The first-order chi connectivity index (χ1) is 12.6. The highest BCUT2D eigenvalue weighted by atomic mass is 16.5. The topological polar surface area (TPSA) is 66.8 Å². The van der Waals surface area contributed by atoms with E-state index in [0.29, 0.717) is 0 Å². The zero-order valence-corrected chi connectivity index (χ0v) is 13.7. The minimum atomic E-state index is -0.413. The molecule has 0 fully saturated rings. The molecular weight excluding hydrogens is 328 g/mol. The number of carbonyl (C=O) groups is 1. The van der Waals surface area contributed by atoms with Gasteiger partial charge in [0.05, 0.1) is 5.56 Å². The van der Waals surface area contributed by atoms with Crippen molar-refractivity contribution in [1.82, 2.24) is 0 Å². The normalized spacial score (nSPS) is 15.5. The van der Waals surface area contributed by atoms with Crippen LogP contribution >= 0.6 is 0 Å². The Morgan fingerprint density at radius 3 is 2.54 bits per heavy atom. The van der Waals surface area contributed by atoms with Gasteiger partial charge in [-0.25, -0.2) is 0 Å². The van der Waals surface area contributed by atoms with Gasteiger partial charge in [0.25, 0.3) is 0 Å². The summed E-state index contributed by atoms with van der Waals surface area (Å²) in [5, 5.41) is 19.5. The summed E-state index contributed by atoms with van der Waals surface area (Å²) in [6.45, 7) is 0. The van der Waals surface area contributed by atoms with E-state index >= 15 is 0 Å². The molecular formula is C22H14O4. The molecule has 1 aliphatic carbocycles. The lowest BCUT2D eigenvalue weighted by Crippen LogP contribution is -1.98. The third-order valence-electron chi connectivity index (χ3n) is 4.91. The fourth-order valence-corrected chi connectivity index (χ4v) is 3.63. The monoisotopic (exact) mass is 342 g/mol.